The topological polar surface area (TPSA) is 65.8 Å². The van der Waals surface area contributed by atoms with Gasteiger partial charge in [-0.2, -0.15) is 5.26 Å². The number of carbonyl (C=O) groups excluding carboxylic acids is 1. The van der Waals surface area contributed by atoms with Crippen molar-refractivity contribution >= 4 is 39.3 Å². The molecule has 26 heavy (non-hydrogen) atoms. The summed E-state index contributed by atoms with van der Waals surface area (Å²) in [6.07, 6.45) is 4.90. The summed E-state index contributed by atoms with van der Waals surface area (Å²) in [5.74, 6) is -0.0665. The second-order valence-electron chi connectivity index (χ2n) is 6.28. The van der Waals surface area contributed by atoms with Crippen LogP contribution in [0.3, 0.4) is 0 Å². The molecule has 6 heteroatoms. The molecule has 4 nitrogen and oxygen atoms in total. The molecule has 1 aromatic carbocycles. The Labute approximate surface area is 166 Å². The van der Waals surface area contributed by atoms with Gasteiger partial charge in [0.05, 0.1) is 10.8 Å². The highest BCUT2D eigenvalue weighted by atomic mass is 79.9. The Bertz CT molecular complexity index is 845. The van der Waals surface area contributed by atoms with Crippen molar-refractivity contribution in [2.24, 2.45) is 0 Å². The summed E-state index contributed by atoms with van der Waals surface area (Å²) >= 11 is 4.78. The lowest BCUT2D eigenvalue weighted by Gasteiger charge is -2.19. The predicted octanol–water partition coefficient (Wildman–Crippen LogP) is 5.10. The number of benzene rings is 1. The third-order valence-corrected chi connectivity index (χ3v) is 6.31. The van der Waals surface area contributed by atoms with Crippen LogP contribution < -0.4 is 5.32 Å². The first kappa shape index (κ1) is 18.9. The first-order valence-corrected chi connectivity index (χ1v) is 10.4. The van der Waals surface area contributed by atoms with Crippen LogP contribution in [0.2, 0.25) is 0 Å². The van der Waals surface area contributed by atoms with E-state index in [1.807, 2.05) is 37.3 Å². The number of carbonyl (C=O) groups is 1. The van der Waals surface area contributed by atoms with Gasteiger partial charge >= 0.3 is 0 Å². The highest BCUT2D eigenvalue weighted by Crippen LogP contribution is 2.31. The predicted molar refractivity (Wildman–Crippen MR) is 108 cm³/mol. The maximum absolute atomic E-state index is 12.7. The summed E-state index contributed by atoms with van der Waals surface area (Å²) in [5.41, 5.74) is 3.60. The Kier molecular flexibility index (Phi) is 6.33. The van der Waals surface area contributed by atoms with Crippen LogP contribution in [0, 0.1) is 11.3 Å². The van der Waals surface area contributed by atoms with Crippen molar-refractivity contribution in [2.45, 2.75) is 49.3 Å². The number of halogens is 1. The molecule has 0 aliphatic heterocycles. The molecule has 2 aromatic rings. The number of pyridine rings is 1. The first-order valence-electron chi connectivity index (χ1n) is 8.76. The van der Waals surface area contributed by atoms with E-state index in [9.17, 15) is 10.1 Å². The molecule has 1 heterocycles. The number of thioether (sulfide) groups is 1. The van der Waals surface area contributed by atoms with Crippen molar-refractivity contribution in [2.75, 3.05) is 5.32 Å². The Hall–Kier alpha value is -1.84. The highest BCUT2D eigenvalue weighted by molar-refractivity contribution is 9.10. The quantitative estimate of drug-likeness (QED) is 0.670. The molecule has 134 valence electrons. The van der Waals surface area contributed by atoms with Crippen LogP contribution in [-0.4, -0.2) is 16.1 Å². The molecule has 1 aliphatic carbocycles. The average molecular weight is 430 g/mol. The molecule has 1 aromatic heterocycles. The van der Waals surface area contributed by atoms with Crippen LogP contribution in [0.1, 0.15) is 43.0 Å². The molecule has 0 radical (unpaired) electrons. The van der Waals surface area contributed by atoms with Gasteiger partial charge in [0.1, 0.15) is 11.1 Å². The van der Waals surface area contributed by atoms with E-state index < -0.39 is 0 Å². The van der Waals surface area contributed by atoms with Gasteiger partial charge < -0.3 is 5.32 Å². The van der Waals surface area contributed by atoms with E-state index in [-0.39, 0.29) is 11.2 Å². The number of rotatable bonds is 5. The molecule has 1 aliphatic rings. The maximum atomic E-state index is 12.7. The van der Waals surface area contributed by atoms with Crippen LogP contribution in [0.25, 0.3) is 0 Å². The van der Waals surface area contributed by atoms with E-state index in [0.29, 0.717) is 17.0 Å². The van der Waals surface area contributed by atoms with Gasteiger partial charge in [0.2, 0.25) is 5.91 Å². The fourth-order valence-electron chi connectivity index (χ4n) is 3.00. The summed E-state index contributed by atoms with van der Waals surface area (Å²) < 4.78 is 0.967. The van der Waals surface area contributed by atoms with Crippen LogP contribution >= 0.6 is 27.7 Å². The molecular weight excluding hydrogens is 410 g/mol. The van der Waals surface area contributed by atoms with Crippen LogP contribution in [0.5, 0.6) is 0 Å². The zero-order valence-corrected chi connectivity index (χ0v) is 17.0. The lowest BCUT2D eigenvalue weighted by molar-refractivity contribution is -0.115. The summed E-state index contributed by atoms with van der Waals surface area (Å²) in [6, 6.07) is 11.7. The van der Waals surface area contributed by atoms with Gasteiger partial charge in [-0.25, -0.2) is 4.98 Å². The standard InChI is InChI=1S/C20H20BrN3OS/c1-2-18(19(25)23-16-9-7-15(21)8-10-16)26-20-14(12-22)11-13-5-3-4-6-17(13)24-20/h7-11,18H,2-6H2,1H3,(H,23,25). The fraction of sp³-hybridized carbons (Fsp3) is 0.350. The maximum Gasteiger partial charge on any atom is 0.237 e. The SMILES string of the molecule is CCC(Sc1nc2c(cc1C#N)CCCC2)C(=O)Nc1ccc(Br)cc1. The normalized spacial score (nSPS) is 14.2. The average Bonchev–Trinajstić information content (AvgIpc) is 2.67. The second kappa shape index (κ2) is 8.70. The Balaban J connectivity index is 1.78. The van der Waals surface area contributed by atoms with Gasteiger partial charge in [0.15, 0.2) is 0 Å². The van der Waals surface area contributed by atoms with E-state index in [1.54, 1.807) is 0 Å². The summed E-state index contributed by atoms with van der Waals surface area (Å²) in [5, 5.41) is 12.8. The van der Waals surface area contributed by atoms with Gasteiger partial charge in [-0.1, -0.05) is 34.6 Å². The number of fused-ring (bicyclic) bond motifs is 1. The van der Waals surface area contributed by atoms with Gasteiger partial charge in [-0.3, -0.25) is 4.79 Å². The van der Waals surface area contributed by atoms with Crippen molar-refractivity contribution in [3.8, 4) is 6.07 Å². The molecule has 0 saturated carbocycles. The van der Waals surface area contributed by atoms with Crippen LogP contribution in [-0.2, 0) is 17.6 Å². The number of hydrogen-bond acceptors (Lipinski definition) is 4. The van der Waals surface area contributed by atoms with Crippen LogP contribution in [0.15, 0.2) is 39.8 Å². The van der Waals surface area contributed by atoms with Gasteiger partial charge in [-0.05, 0) is 68.0 Å². The number of anilines is 1. The number of aryl methyl sites for hydroxylation is 2. The minimum absolute atomic E-state index is 0.0665. The van der Waals surface area contributed by atoms with Crippen molar-refractivity contribution in [3.63, 3.8) is 0 Å². The number of amides is 1. The molecule has 1 atom stereocenters. The van der Waals surface area contributed by atoms with E-state index in [2.05, 4.69) is 27.3 Å². The molecule has 0 bridgehead atoms. The number of nitriles is 1. The molecule has 1 unspecified atom stereocenters. The molecule has 1 amide bonds. The van der Waals surface area contributed by atoms with Crippen LogP contribution in [0.4, 0.5) is 5.69 Å². The van der Waals surface area contributed by atoms with Crippen molar-refractivity contribution in [1.82, 2.24) is 4.98 Å². The summed E-state index contributed by atoms with van der Waals surface area (Å²) in [6.45, 7) is 1.98. The Morgan fingerprint density at radius 1 is 1.35 bits per heavy atom. The zero-order chi connectivity index (χ0) is 18.5. The van der Waals surface area contributed by atoms with Crippen molar-refractivity contribution < 1.29 is 4.79 Å². The van der Waals surface area contributed by atoms with Crippen molar-refractivity contribution in [3.05, 3.63) is 51.6 Å². The largest absolute Gasteiger partial charge is 0.325 e. The van der Waals surface area contributed by atoms with E-state index >= 15 is 0 Å². The smallest absolute Gasteiger partial charge is 0.237 e. The lowest BCUT2D eigenvalue weighted by atomic mass is 9.95. The van der Waals surface area contributed by atoms with E-state index in [1.165, 1.54) is 17.3 Å². The third kappa shape index (κ3) is 4.46. The van der Waals surface area contributed by atoms with E-state index in [0.717, 1.165) is 41.5 Å². The molecule has 0 spiro atoms. The number of aromatic nitrogens is 1. The fourth-order valence-corrected chi connectivity index (χ4v) is 4.26. The van der Waals surface area contributed by atoms with Gasteiger partial charge in [0, 0.05) is 15.9 Å². The molecule has 0 saturated heterocycles. The van der Waals surface area contributed by atoms with Crippen molar-refractivity contribution in [1.29, 1.82) is 5.26 Å². The molecule has 1 N–H and O–H groups in total. The third-order valence-electron chi connectivity index (χ3n) is 4.42. The highest BCUT2D eigenvalue weighted by Gasteiger charge is 2.22. The summed E-state index contributed by atoms with van der Waals surface area (Å²) in [4.78, 5) is 17.4. The zero-order valence-electron chi connectivity index (χ0n) is 14.6. The lowest BCUT2D eigenvalue weighted by Crippen LogP contribution is -2.25. The Morgan fingerprint density at radius 3 is 2.77 bits per heavy atom. The van der Waals surface area contributed by atoms with Gasteiger partial charge in [0.25, 0.3) is 0 Å². The molecular formula is C20H20BrN3OS. The van der Waals surface area contributed by atoms with E-state index in [4.69, 9.17) is 4.98 Å². The Morgan fingerprint density at radius 2 is 2.08 bits per heavy atom. The second-order valence-corrected chi connectivity index (χ2v) is 8.38. The number of nitrogens with zero attached hydrogens (tertiary/aromatic N) is 2. The minimum Gasteiger partial charge on any atom is -0.325 e. The number of nitrogens with one attached hydrogen (secondary N) is 1. The minimum atomic E-state index is -0.292. The molecule has 3 rings (SSSR count). The number of hydrogen-bond donors (Lipinski definition) is 1. The monoisotopic (exact) mass is 429 g/mol. The summed E-state index contributed by atoms with van der Waals surface area (Å²) in [7, 11) is 0. The first-order chi connectivity index (χ1) is 12.6. The molecule has 0 fully saturated rings. The van der Waals surface area contributed by atoms with Gasteiger partial charge in [-0.15, -0.1) is 0 Å².